The first-order valence-electron chi connectivity index (χ1n) is 11.1. The highest BCUT2D eigenvalue weighted by atomic mass is 16.5. The first-order chi connectivity index (χ1) is 15.4. The fourth-order valence-corrected chi connectivity index (χ4v) is 5.02. The summed E-state index contributed by atoms with van der Waals surface area (Å²) in [5.41, 5.74) is 3.82. The number of aromatic carboxylic acids is 1. The number of nitrogens with zero attached hydrogens (tertiary/aromatic N) is 1. The summed E-state index contributed by atoms with van der Waals surface area (Å²) in [5, 5.41) is 24.4. The van der Waals surface area contributed by atoms with Gasteiger partial charge in [-0.1, -0.05) is 0 Å². The van der Waals surface area contributed by atoms with Gasteiger partial charge in [0.15, 0.2) is 5.56 Å². The minimum Gasteiger partial charge on any atom is -0.506 e. The maximum Gasteiger partial charge on any atom is 0.345 e. The molecule has 0 bridgehead atoms. The lowest BCUT2D eigenvalue weighted by Crippen LogP contribution is -2.26. The van der Waals surface area contributed by atoms with Crippen LogP contribution in [0.5, 0.6) is 5.75 Å². The lowest BCUT2D eigenvalue weighted by atomic mass is 9.98. The predicted molar refractivity (Wildman–Crippen MR) is 120 cm³/mol. The molecular formula is C24H27N3O5. The van der Waals surface area contributed by atoms with Crippen LogP contribution in [0.4, 0.5) is 0 Å². The molecular weight excluding hydrogens is 410 g/mol. The minimum absolute atomic E-state index is 0.289. The van der Waals surface area contributed by atoms with Crippen molar-refractivity contribution in [1.29, 1.82) is 0 Å². The number of nitrogens with one attached hydrogen (secondary N) is 2. The van der Waals surface area contributed by atoms with Gasteiger partial charge < -0.3 is 29.8 Å². The zero-order chi connectivity index (χ0) is 22.4. The van der Waals surface area contributed by atoms with Gasteiger partial charge in [-0.2, -0.15) is 0 Å². The molecule has 8 nitrogen and oxygen atoms in total. The zero-order valence-electron chi connectivity index (χ0n) is 18.0. The van der Waals surface area contributed by atoms with Gasteiger partial charge in [0.2, 0.25) is 0 Å². The van der Waals surface area contributed by atoms with Crippen molar-refractivity contribution in [2.75, 3.05) is 13.2 Å². The number of aromatic hydroxyl groups is 1. The maximum atomic E-state index is 12.4. The van der Waals surface area contributed by atoms with Crippen molar-refractivity contribution in [2.24, 2.45) is 7.05 Å². The molecule has 1 aliphatic carbocycles. The third-order valence-corrected chi connectivity index (χ3v) is 6.72. The number of carbonyl (C=O) groups is 1. The van der Waals surface area contributed by atoms with Gasteiger partial charge in [0.1, 0.15) is 5.75 Å². The van der Waals surface area contributed by atoms with E-state index in [2.05, 4.69) is 34.0 Å². The third kappa shape index (κ3) is 3.49. The van der Waals surface area contributed by atoms with Gasteiger partial charge in [-0.25, -0.2) is 4.79 Å². The molecule has 4 N–H and O–H groups in total. The van der Waals surface area contributed by atoms with Crippen LogP contribution in [0, 0.1) is 0 Å². The van der Waals surface area contributed by atoms with Gasteiger partial charge in [0.05, 0.1) is 11.8 Å². The number of hydrogen-bond acceptors (Lipinski definition) is 5. The molecule has 8 heteroatoms. The Balaban J connectivity index is 1.54. The predicted octanol–water partition coefficient (Wildman–Crippen LogP) is 2.69. The Labute approximate surface area is 184 Å². The standard InChI is InChI=1S/C24H27N3O5/c1-27-15(11-25-12-16-5-3-7-32-16)8-14-9-18-13(10-19(14)27)4-2-6-17-21(18)26-23(29)20(22(17)28)24(30)31/h8-10,16,25H,2-7,11-12H2,1H3,(H,30,31)(H2,26,28,29). The minimum atomic E-state index is -1.42. The van der Waals surface area contributed by atoms with Crippen molar-refractivity contribution in [3.8, 4) is 17.0 Å². The van der Waals surface area contributed by atoms with Crippen LogP contribution in [-0.4, -0.2) is 45.0 Å². The van der Waals surface area contributed by atoms with E-state index in [1.165, 1.54) is 0 Å². The van der Waals surface area contributed by atoms with Gasteiger partial charge in [0, 0.05) is 54.5 Å². The number of hydrogen-bond donors (Lipinski definition) is 4. The summed E-state index contributed by atoms with van der Waals surface area (Å²) >= 11 is 0. The zero-order valence-corrected chi connectivity index (χ0v) is 18.0. The molecule has 1 aliphatic heterocycles. The summed E-state index contributed by atoms with van der Waals surface area (Å²) in [6.45, 7) is 2.41. The Kier molecular flexibility index (Phi) is 5.27. The smallest absolute Gasteiger partial charge is 0.345 e. The monoisotopic (exact) mass is 437 g/mol. The molecule has 168 valence electrons. The normalized spacial score (nSPS) is 17.8. The van der Waals surface area contributed by atoms with Crippen molar-refractivity contribution in [3.05, 3.63) is 50.9 Å². The Morgan fingerprint density at radius 3 is 2.88 bits per heavy atom. The lowest BCUT2D eigenvalue weighted by molar-refractivity contribution is 0.0691. The van der Waals surface area contributed by atoms with Crippen LogP contribution in [0.25, 0.3) is 22.2 Å². The fraction of sp³-hybridized carbons (Fsp3) is 0.417. The molecule has 1 unspecified atom stereocenters. The van der Waals surface area contributed by atoms with Crippen molar-refractivity contribution in [1.82, 2.24) is 14.9 Å². The number of carboxylic acids is 1. The Morgan fingerprint density at radius 2 is 2.12 bits per heavy atom. The molecule has 32 heavy (non-hydrogen) atoms. The van der Waals surface area contributed by atoms with Gasteiger partial charge in [-0.3, -0.25) is 4.79 Å². The van der Waals surface area contributed by atoms with Crippen LogP contribution in [-0.2, 0) is 31.2 Å². The number of pyridine rings is 1. The molecule has 0 saturated carbocycles. The summed E-state index contributed by atoms with van der Waals surface area (Å²) in [6, 6.07) is 6.31. The fourth-order valence-electron chi connectivity index (χ4n) is 5.02. The number of ether oxygens (including phenoxy) is 1. The van der Waals surface area contributed by atoms with Crippen LogP contribution in [0.1, 0.15) is 46.4 Å². The summed E-state index contributed by atoms with van der Waals surface area (Å²) < 4.78 is 7.86. The number of aryl methyl sites for hydroxylation is 2. The second kappa shape index (κ2) is 8.11. The van der Waals surface area contributed by atoms with E-state index in [1.807, 2.05) is 6.07 Å². The van der Waals surface area contributed by atoms with E-state index < -0.39 is 22.8 Å². The van der Waals surface area contributed by atoms with Crippen molar-refractivity contribution in [3.63, 3.8) is 0 Å². The molecule has 0 radical (unpaired) electrons. The summed E-state index contributed by atoms with van der Waals surface area (Å²) in [5.74, 6) is -1.84. The van der Waals surface area contributed by atoms with Gasteiger partial charge >= 0.3 is 5.97 Å². The van der Waals surface area contributed by atoms with E-state index in [9.17, 15) is 19.8 Å². The van der Waals surface area contributed by atoms with Crippen LogP contribution >= 0.6 is 0 Å². The summed E-state index contributed by atoms with van der Waals surface area (Å²) in [6.07, 6.45) is 4.55. The molecule has 0 spiro atoms. The number of rotatable bonds is 5. The van der Waals surface area contributed by atoms with Gasteiger partial charge in [0.25, 0.3) is 5.56 Å². The molecule has 3 heterocycles. The molecule has 0 amide bonds. The first-order valence-corrected chi connectivity index (χ1v) is 11.1. The first kappa shape index (κ1) is 20.8. The van der Waals surface area contributed by atoms with Gasteiger partial charge in [-0.15, -0.1) is 0 Å². The maximum absolute atomic E-state index is 12.4. The van der Waals surface area contributed by atoms with E-state index in [4.69, 9.17) is 4.74 Å². The van der Waals surface area contributed by atoms with Crippen LogP contribution in [0.2, 0.25) is 0 Å². The highest BCUT2D eigenvalue weighted by Gasteiger charge is 2.26. The number of aromatic amines is 1. The number of benzene rings is 1. The molecule has 1 atom stereocenters. The average Bonchev–Trinajstić information content (AvgIpc) is 3.32. The van der Waals surface area contributed by atoms with Crippen LogP contribution < -0.4 is 10.9 Å². The number of H-pyrrole nitrogens is 1. The van der Waals surface area contributed by atoms with Crippen molar-refractivity contribution < 1.29 is 19.7 Å². The van der Waals surface area contributed by atoms with Crippen molar-refractivity contribution in [2.45, 2.75) is 44.8 Å². The van der Waals surface area contributed by atoms with E-state index in [1.54, 1.807) is 0 Å². The molecule has 1 aromatic carbocycles. The summed E-state index contributed by atoms with van der Waals surface area (Å²) in [4.78, 5) is 26.6. The number of fused-ring (bicyclic) bond motifs is 4. The Bertz CT molecular complexity index is 1270. The number of aromatic nitrogens is 2. The van der Waals surface area contributed by atoms with E-state index in [-0.39, 0.29) is 6.10 Å². The third-order valence-electron chi connectivity index (χ3n) is 6.72. The molecule has 2 aliphatic rings. The molecule has 3 aromatic rings. The second-order valence-corrected chi connectivity index (χ2v) is 8.72. The quantitative estimate of drug-likeness (QED) is 0.488. The molecule has 1 saturated heterocycles. The molecule has 2 aromatic heterocycles. The number of carboxylic acid groups (broad SMARTS) is 1. The Hall–Kier alpha value is -3.10. The Morgan fingerprint density at radius 1 is 1.28 bits per heavy atom. The van der Waals surface area contributed by atoms with Crippen molar-refractivity contribution >= 4 is 16.9 Å². The summed E-state index contributed by atoms with van der Waals surface area (Å²) in [7, 11) is 2.05. The highest BCUT2D eigenvalue weighted by molar-refractivity contribution is 5.93. The average molecular weight is 437 g/mol. The van der Waals surface area contributed by atoms with Crippen LogP contribution in [0.15, 0.2) is 23.0 Å². The molecule has 1 fully saturated rings. The van der Waals surface area contributed by atoms with Crippen LogP contribution in [0.3, 0.4) is 0 Å². The molecule has 5 rings (SSSR count). The largest absolute Gasteiger partial charge is 0.506 e. The van der Waals surface area contributed by atoms with Gasteiger partial charge in [-0.05, 0) is 55.9 Å². The topological polar surface area (TPSA) is 117 Å². The SMILES string of the molecule is Cn1c(CNCC2CCCO2)cc2cc3c(cc21)CCCc1c-3[nH]c(=O)c(C(=O)O)c1O. The van der Waals surface area contributed by atoms with E-state index in [0.717, 1.165) is 73.1 Å². The van der Waals surface area contributed by atoms with E-state index >= 15 is 0 Å². The lowest BCUT2D eigenvalue weighted by Gasteiger charge is -2.13. The van der Waals surface area contributed by atoms with E-state index in [0.29, 0.717) is 17.7 Å². The second-order valence-electron chi connectivity index (χ2n) is 8.72. The highest BCUT2D eigenvalue weighted by Crippen LogP contribution is 2.38.